The average molecular weight is 249 g/mol. The number of hydrogen-bond acceptors (Lipinski definition) is 2. The van der Waals surface area contributed by atoms with Gasteiger partial charge in [0.2, 0.25) is 0 Å². The molecule has 0 aromatic carbocycles. The molecule has 1 aromatic rings. The molecule has 0 radical (unpaired) electrons. The van der Waals surface area contributed by atoms with E-state index in [1.807, 2.05) is 4.68 Å². The van der Waals surface area contributed by atoms with Crippen LogP contribution in [0, 0.1) is 19.3 Å². The Morgan fingerprint density at radius 3 is 2.33 bits per heavy atom. The number of hydrogen-bond donors (Lipinski definition) is 1. The molecule has 2 unspecified atom stereocenters. The van der Waals surface area contributed by atoms with Crippen LogP contribution in [-0.4, -0.2) is 22.9 Å². The summed E-state index contributed by atoms with van der Waals surface area (Å²) >= 11 is 0. The Morgan fingerprint density at radius 1 is 1.33 bits per heavy atom. The molecule has 0 spiro atoms. The minimum Gasteiger partial charge on any atom is -0.316 e. The van der Waals surface area contributed by atoms with Gasteiger partial charge in [0.1, 0.15) is 0 Å². The summed E-state index contributed by atoms with van der Waals surface area (Å²) in [6.07, 6.45) is 3.74. The molecule has 2 atom stereocenters. The van der Waals surface area contributed by atoms with Crippen molar-refractivity contribution in [2.24, 2.45) is 12.5 Å². The minimum atomic E-state index is 0.424. The predicted octanol–water partition coefficient (Wildman–Crippen LogP) is 2.92. The lowest BCUT2D eigenvalue weighted by atomic mass is 9.51. The Kier molecular flexibility index (Phi) is 3.54. The van der Waals surface area contributed by atoms with E-state index in [4.69, 9.17) is 0 Å². The molecule has 18 heavy (non-hydrogen) atoms. The van der Waals surface area contributed by atoms with Gasteiger partial charge in [-0.3, -0.25) is 4.68 Å². The summed E-state index contributed by atoms with van der Waals surface area (Å²) in [5.74, 6) is 0.679. The summed E-state index contributed by atoms with van der Waals surface area (Å²) in [7, 11) is 4.16. The molecule has 0 saturated heterocycles. The summed E-state index contributed by atoms with van der Waals surface area (Å²) in [5, 5.41) is 8.11. The summed E-state index contributed by atoms with van der Waals surface area (Å²) in [4.78, 5) is 0. The van der Waals surface area contributed by atoms with Crippen LogP contribution in [0.25, 0.3) is 0 Å². The molecule has 0 bridgehead atoms. The first-order chi connectivity index (χ1) is 8.51. The van der Waals surface area contributed by atoms with Crippen molar-refractivity contribution in [2.45, 2.75) is 58.9 Å². The van der Waals surface area contributed by atoms with Crippen LogP contribution < -0.4 is 5.32 Å². The maximum absolute atomic E-state index is 4.59. The molecule has 1 aromatic heterocycles. The fraction of sp³-hybridized carbons (Fsp3) is 0.800. The Labute approximate surface area is 111 Å². The third-order valence-corrected chi connectivity index (χ3v) is 5.44. The molecule has 1 saturated carbocycles. The van der Waals surface area contributed by atoms with Gasteiger partial charge >= 0.3 is 0 Å². The van der Waals surface area contributed by atoms with Gasteiger partial charge in [0.15, 0.2) is 0 Å². The maximum Gasteiger partial charge on any atom is 0.0631 e. The van der Waals surface area contributed by atoms with Crippen molar-refractivity contribution in [3.8, 4) is 0 Å². The van der Waals surface area contributed by atoms with Crippen LogP contribution in [0.2, 0.25) is 0 Å². The van der Waals surface area contributed by atoms with E-state index in [0.29, 0.717) is 17.4 Å². The second-order valence-corrected chi connectivity index (χ2v) is 5.78. The highest BCUT2D eigenvalue weighted by Crippen LogP contribution is 2.58. The van der Waals surface area contributed by atoms with Crippen molar-refractivity contribution in [2.75, 3.05) is 7.05 Å². The summed E-state index contributed by atoms with van der Waals surface area (Å²) in [6, 6.07) is 0.663. The second-order valence-electron chi connectivity index (χ2n) is 5.78. The van der Waals surface area contributed by atoms with Gasteiger partial charge in [0.25, 0.3) is 0 Å². The van der Waals surface area contributed by atoms with Gasteiger partial charge in [-0.2, -0.15) is 5.10 Å². The largest absolute Gasteiger partial charge is 0.316 e. The Balaban J connectivity index is 2.40. The number of nitrogens with zero attached hydrogens (tertiary/aromatic N) is 2. The Morgan fingerprint density at radius 2 is 1.94 bits per heavy atom. The molecule has 3 heteroatoms. The molecule has 102 valence electrons. The molecule has 0 amide bonds. The van der Waals surface area contributed by atoms with Crippen LogP contribution in [0.3, 0.4) is 0 Å². The first-order valence-corrected chi connectivity index (χ1v) is 7.19. The third kappa shape index (κ3) is 1.63. The fourth-order valence-electron chi connectivity index (χ4n) is 4.13. The predicted molar refractivity (Wildman–Crippen MR) is 75.9 cm³/mol. The molecule has 1 fully saturated rings. The van der Waals surface area contributed by atoms with E-state index in [9.17, 15) is 0 Å². The van der Waals surface area contributed by atoms with E-state index in [-0.39, 0.29) is 0 Å². The second kappa shape index (κ2) is 4.69. The van der Waals surface area contributed by atoms with Gasteiger partial charge in [0, 0.05) is 18.8 Å². The summed E-state index contributed by atoms with van der Waals surface area (Å²) in [6.45, 7) is 9.03. The van der Waals surface area contributed by atoms with Crippen LogP contribution in [0.15, 0.2) is 0 Å². The van der Waals surface area contributed by atoms with Crippen molar-refractivity contribution >= 4 is 0 Å². The summed E-state index contributed by atoms with van der Waals surface area (Å²) in [5.41, 5.74) is 4.50. The Hall–Kier alpha value is -0.830. The van der Waals surface area contributed by atoms with Gasteiger partial charge in [-0.05, 0) is 57.1 Å². The van der Waals surface area contributed by atoms with Gasteiger partial charge in [-0.25, -0.2) is 0 Å². The van der Waals surface area contributed by atoms with Crippen LogP contribution in [0.5, 0.6) is 0 Å². The van der Waals surface area contributed by atoms with Crippen molar-refractivity contribution < 1.29 is 0 Å². The number of aromatic nitrogens is 2. The topological polar surface area (TPSA) is 29.9 Å². The lowest BCUT2D eigenvalue weighted by Gasteiger charge is -2.56. The lowest BCUT2D eigenvalue weighted by molar-refractivity contribution is 0.0239. The standard InChI is InChI=1S/C15H27N3/c1-7-15(8-2)12(9-13(15)16-5)14-10(3)17-18(6)11(14)4/h12-13,16H,7-9H2,1-6H3. The number of aryl methyl sites for hydroxylation is 2. The molecule has 3 nitrogen and oxygen atoms in total. The molecular formula is C15H27N3. The van der Waals surface area contributed by atoms with Crippen LogP contribution >= 0.6 is 0 Å². The first-order valence-electron chi connectivity index (χ1n) is 7.19. The summed E-state index contributed by atoms with van der Waals surface area (Å²) < 4.78 is 2.04. The van der Waals surface area contributed by atoms with Crippen LogP contribution in [0.4, 0.5) is 0 Å². The molecule has 1 N–H and O–H groups in total. The lowest BCUT2D eigenvalue weighted by Crippen LogP contribution is -2.57. The molecule has 2 rings (SSSR count). The van der Waals surface area contributed by atoms with Crippen molar-refractivity contribution in [1.29, 1.82) is 0 Å². The highest BCUT2D eigenvalue weighted by Gasteiger charge is 2.53. The molecule has 0 aliphatic heterocycles. The van der Waals surface area contributed by atoms with Crippen LogP contribution in [-0.2, 0) is 7.05 Å². The molecule has 1 aliphatic rings. The van der Waals surface area contributed by atoms with E-state index in [1.165, 1.54) is 36.2 Å². The quantitative estimate of drug-likeness (QED) is 0.889. The van der Waals surface area contributed by atoms with Crippen LogP contribution in [0.1, 0.15) is 56.0 Å². The third-order valence-electron chi connectivity index (χ3n) is 5.44. The highest BCUT2D eigenvalue weighted by molar-refractivity contribution is 5.35. The zero-order valence-electron chi connectivity index (χ0n) is 12.7. The van der Waals surface area contributed by atoms with Crippen molar-refractivity contribution in [1.82, 2.24) is 15.1 Å². The Bertz CT molecular complexity index is 429. The number of nitrogens with one attached hydrogen (secondary N) is 1. The minimum absolute atomic E-state index is 0.424. The number of rotatable bonds is 4. The monoisotopic (exact) mass is 249 g/mol. The van der Waals surface area contributed by atoms with E-state index in [0.717, 1.165) is 0 Å². The van der Waals surface area contributed by atoms with Gasteiger partial charge in [0.05, 0.1) is 5.69 Å². The average Bonchev–Trinajstić information content (AvgIpc) is 2.57. The zero-order valence-corrected chi connectivity index (χ0v) is 12.7. The van der Waals surface area contributed by atoms with Gasteiger partial charge < -0.3 is 5.32 Å². The zero-order chi connectivity index (χ0) is 13.5. The van der Waals surface area contributed by atoms with Crippen molar-refractivity contribution in [3.05, 3.63) is 17.0 Å². The van der Waals surface area contributed by atoms with E-state index < -0.39 is 0 Å². The normalized spacial score (nSPS) is 26.1. The highest BCUT2D eigenvalue weighted by atomic mass is 15.3. The molecule has 1 aliphatic carbocycles. The maximum atomic E-state index is 4.59. The molecule has 1 heterocycles. The van der Waals surface area contributed by atoms with E-state index in [1.54, 1.807) is 0 Å². The van der Waals surface area contributed by atoms with Gasteiger partial charge in [-0.1, -0.05) is 13.8 Å². The SMILES string of the molecule is CCC1(CC)C(NC)CC1c1c(C)nn(C)c1C. The molecular weight excluding hydrogens is 222 g/mol. The van der Waals surface area contributed by atoms with Crippen molar-refractivity contribution in [3.63, 3.8) is 0 Å². The first kappa shape index (κ1) is 13.6. The van der Waals surface area contributed by atoms with E-state index >= 15 is 0 Å². The van der Waals surface area contributed by atoms with Gasteiger partial charge in [-0.15, -0.1) is 0 Å². The smallest absolute Gasteiger partial charge is 0.0631 e. The van der Waals surface area contributed by atoms with E-state index in [2.05, 4.69) is 52.2 Å². The fourth-order valence-corrected chi connectivity index (χ4v) is 4.13.